The summed E-state index contributed by atoms with van der Waals surface area (Å²) in [5, 5.41) is 9.10. The van der Waals surface area contributed by atoms with E-state index in [9.17, 15) is 8.42 Å². The predicted molar refractivity (Wildman–Crippen MR) is 81.0 cm³/mol. The number of nitrogen functional groups attached to an aromatic ring is 1. The van der Waals surface area contributed by atoms with Crippen molar-refractivity contribution in [2.75, 3.05) is 5.73 Å². The molecule has 7 heteroatoms. The van der Waals surface area contributed by atoms with Crippen LogP contribution in [0.25, 0.3) is 0 Å². The van der Waals surface area contributed by atoms with Crippen LogP contribution >= 0.6 is 11.6 Å². The maximum atomic E-state index is 12.2. The van der Waals surface area contributed by atoms with Gasteiger partial charge in [-0.2, -0.15) is 5.26 Å². The van der Waals surface area contributed by atoms with Crippen LogP contribution in [0.3, 0.4) is 0 Å². The summed E-state index contributed by atoms with van der Waals surface area (Å²) in [5.74, 6) is 0. The van der Waals surface area contributed by atoms with Crippen LogP contribution in [-0.2, 0) is 16.6 Å². The number of nitrogens with zero attached hydrogens (tertiary/aromatic N) is 1. The van der Waals surface area contributed by atoms with E-state index in [2.05, 4.69) is 4.72 Å². The first-order chi connectivity index (χ1) is 9.92. The van der Waals surface area contributed by atoms with Crippen LogP contribution in [-0.4, -0.2) is 8.42 Å². The molecule has 0 spiro atoms. The van der Waals surface area contributed by atoms with Gasteiger partial charge in [0.2, 0.25) is 10.0 Å². The summed E-state index contributed by atoms with van der Waals surface area (Å²) >= 11 is 5.79. The van der Waals surface area contributed by atoms with Gasteiger partial charge in [-0.15, -0.1) is 0 Å². The van der Waals surface area contributed by atoms with E-state index in [0.717, 1.165) is 5.56 Å². The third kappa shape index (κ3) is 3.73. The first-order valence-electron chi connectivity index (χ1n) is 5.96. The second kappa shape index (κ2) is 6.14. The lowest BCUT2D eigenvalue weighted by Gasteiger charge is -2.08. The SMILES string of the molecule is N#Cc1cc(S(=O)(=O)NCc2cccc(N)c2)ccc1Cl. The number of nitriles is 1. The van der Waals surface area contributed by atoms with Crippen molar-refractivity contribution >= 4 is 27.3 Å². The minimum atomic E-state index is -3.72. The van der Waals surface area contributed by atoms with Crippen LogP contribution in [0.5, 0.6) is 0 Å². The van der Waals surface area contributed by atoms with Crippen molar-refractivity contribution in [2.24, 2.45) is 0 Å². The molecule has 21 heavy (non-hydrogen) atoms. The monoisotopic (exact) mass is 321 g/mol. The largest absolute Gasteiger partial charge is 0.399 e. The van der Waals surface area contributed by atoms with Gasteiger partial charge in [0, 0.05) is 12.2 Å². The number of sulfonamides is 1. The van der Waals surface area contributed by atoms with Gasteiger partial charge in [-0.3, -0.25) is 0 Å². The number of nitrogens with one attached hydrogen (secondary N) is 1. The number of nitrogens with two attached hydrogens (primary N) is 1. The molecule has 0 radical (unpaired) electrons. The van der Waals surface area contributed by atoms with Crippen molar-refractivity contribution in [2.45, 2.75) is 11.4 Å². The molecule has 2 aromatic rings. The van der Waals surface area contributed by atoms with Gasteiger partial charge in [0.25, 0.3) is 0 Å². The second-order valence-corrected chi connectivity index (χ2v) is 6.50. The molecule has 0 heterocycles. The van der Waals surface area contributed by atoms with Crippen molar-refractivity contribution in [1.82, 2.24) is 4.72 Å². The lowest BCUT2D eigenvalue weighted by molar-refractivity contribution is 0.581. The summed E-state index contributed by atoms with van der Waals surface area (Å²) < 4.78 is 26.8. The molecule has 0 aromatic heterocycles. The highest BCUT2D eigenvalue weighted by Crippen LogP contribution is 2.19. The van der Waals surface area contributed by atoms with Gasteiger partial charge >= 0.3 is 0 Å². The fourth-order valence-corrected chi connectivity index (χ4v) is 2.93. The van der Waals surface area contributed by atoms with Crippen LogP contribution in [0.4, 0.5) is 5.69 Å². The molecule has 108 valence electrons. The Morgan fingerprint density at radius 1 is 1.24 bits per heavy atom. The maximum Gasteiger partial charge on any atom is 0.240 e. The first kappa shape index (κ1) is 15.3. The Bertz CT molecular complexity index is 813. The summed E-state index contributed by atoms with van der Waals surface area (Å²) in [6, 6.07) is 12.7. The Balaban J connectivity index is 2.21. The molecule has 5 nitrogen and oxygen atoms in total. The molecule has 2 rings (SSSR count). The molecule has 0 unspecified atom stereocenters. The van der Waals surface area contributed by atoms with Gasteiger partial charge in [-0.05, 0) is 35.9 Å². The molecule has 3 N–H and O–H groups in total. The number of hydrogen-bond donors (Lipinski definition) is 2. The standard InChI is InChI=1S/C14H12ClN3O2S/c15-14-5-4-13(7-11(14)8-16)21(19,20)18-9-10-2-1-3-12(17)6-10/h1-7,18H,9,17H2. The van der Waals surface area contributed by atoms with Crippen LogP contribution in [0.2, 0.25) is 5.02 Å². The zero-order chi connectivity index (χ0) is 15.5. The molecule has 2 aromatic carbocycles. The first-order valence-corrected chi connectivity index (χ1v) is 7.82. The Kier molecular flexibility index (Phi) is 4.48. The van der Waals surface area contributed by atoms with Crippen LogP contribution in [0.1, 0.15) is 11.1 Å². The molecular weight excluding hydrogens is 310 g/mol. The molecule has 0 saturated carbocycles. The van der Waals surface area contributed by atoms with Gasteiger partial charge in [-0.25, -0.2) is 13.1 Å². The van der Waals surface area contributed by atoms with E-state index in [0.29, 0.717) is 5.69 Å². The smallest absolute Gasteiger partial charge is 0.240 e. The molecule has 0 aliphatic heterocycles. The van der Waals surface area contributed by atoms with Crippen LogP contribution in [0.15, 0.2) is 47.4 Å². The summed E-state index contributed by atoms with van der Waals surface area (Å²) in [6.45, 7) is 0.109. The highest BCUT2D eigenvalue weighted by Gasteiger charge is 2.15. The molecule has 0 aliphatic rings. The molecule has 0 aliphatic carbocycles. The number of benzene rings is 2. The van der Waals surface area contributed by atoms with Gasteiger partial charge < -0.3 is 5.73 Å². The van der Waals surface area contributed by atoms with E-state index in [-0.39, 0.29) is 22.0 Å². The number of halogens is 1. The van der Waals surface area contributed by atoms with E-state index in [1.165, 1.54) is 18.2 Å². The Morgan fingerprint density at radius 2 is 2.00 bits per heavy atom. The topological polar surface area (TPSA) is 96.0 Å². The van der Waals surface area contributed by atoms with Crippen LogP contribution in [0, 0.1) is 11.3 Å². The van der Waals surface area contributed by atoms with Gasteiger partial charge in [-0.1, -0.05) is 23.7 Å². The Labute approximate surface area is 128 Å². The van der Waals surface area contributed by atoms with E-state index < -0.39 is 10.0 Å². The molecule has 0 atom stereocenters. The van der Waals surface area contributed by atoms with E-state index >= 15 is 0 Å². The number of rotatable bonds is 4. The Morgan fingerprint density at radius 3 is 2.67 bits per heavy atom. The van der Waals surface area contributed by atoms with Gasteiger partial charge in [0.15, 0.2) is 0 Å². The second-order valence-electron chi connectivity index (χ2n) is 4.32. The predicted octanol–water partition coefficient (Wildman–Crippen LogP) is 2.27. The normalized spacial score (nSPS) is 11.0. The molecular formula is C14H12ClN3O2S. The van der Waals surface area contributed by atoms with Crippen LogP contribution < -0.4 is 10.5 Å². The van der Waals surface area contributed by atoms with E-state index in [1.54, 1.807) is 24.3 Å². The van der Waals surface area contributed by atoms with Crippen molar-refractivity contribution in [1.29, 1.82) is 5.26 Å². The fourth-order valence-electron chi connectivity index (χ4n) is 1.72. The Hall–Kier alpha value is -2.07. The zero-order valence-corrected chi connectivity index (χ0v) is 12.4. The summed E-state index contributed by atoms with van der Waals surface area (Å²) in [7, 11) is -3.72. The van der Waals surface area contributed by atoms with Crippen molar-refractivity contribution in [3.05, 3.63) is 58.6 Å². The maximum absolute atomic E-state index is 12.2. The highest BCUT2D eigenvalue weighted by atomic mass is 35.5. The van der Waals surface area contributed by atoms with Crippen molar-refractivity contribution in [3.8, 4) is 6.07 Å². The average Bonchev–Trinajstić information content (AvgIpc) is 2.46. The van der Waals surface area contributed by atoms with E-state index in [1.807, 2.05) is 6.07 Å². The number of hydrogen-bond acceptors (Lipinski definition) is 4. The zero-order valence-electron chi connectivity index (χ0n) is 10.9. The average molecular weight is 322 g/mol. The minimum absolute atomic E-state index is 0.00708. The fraction of sp³-hybridized carbons (Fsp3) is 0.0714. The van der Waals surface area contributed by atoms with E-state index in [4.69, 9.17) is 22.6 Å². The summed E-state index contributed by atoms with van der Waals surface area (Å²) in [5.41, 5.74) is 7.05. The lowest BCUT2D eigenvalue weighted by atomic mass is 10.2. The van der Waals surface area contributed by atoms with Crippen molar-refractivity contribution in [3.63, 3.8) is 0 Å². The highest BCUT2D eigenvalue weighted by molar-refractivity contribution is 7.89. The third-order valence-electron chi connectivity index (χ3n) is 2.79. The molecule has 0 fully saturated rings. The van der Waals surface area contributed by atoms with Gasteiger partial charge in [0.1, 0.15) is 6.07 Å². The lowest BCUT2D eigenvalue weighted by Crippen LogP contribution is -2.23. The molecule has 0 bridgehead atoms. The van der Waals surface area contributed by atoms with Crippen molar-refractivity contribution < 1.29 is 8.42 Å². The summed E-state index contributed by atoms with van der Waals surface area (Å²) in [6.07, 6.45) is 0. The molecule has 0 amide bonds. The molecule has 0 saturated heterocycles. The third-order valence-corrected chi connectivity index (χ3v) is 4.51. The van der Waals surface area contributed by atoms with Gasteiger partial charge in [0.05, 0.1) is 15.5 Å². The minimum Gasteiger partial charge on any atom is -0.399 e. The quantitative estimate of drug-likeness (QED) is 0.844. The summed E-state index contributed by atoms with van der Waals surface area (Å²) in [4.78, 5) is -0.00708. The number of anilines is 1.